The summed E-state index contributed by atoms with van der Waals surface area (Å²) >= 11 is 0. The molecule has 0 radical (unpaired) electrons. The average molecular weight is 314 g/mol. The van der Waals surface area contributed by atoms with Crippen molar-refractivity contribution >= 4 is 11.8 Å². The summed E-state index contributed by atoms with van der Waals surface area (Å²) in [5, 5.41) is 2.80. The Labute approximate surface area is 134 Å². The standard InChI is InChI=1S/C17H18N2O4/c1-22-13-7-8-14(15(9-13)23-2)17(21)19-10-11-3-5-12(6-4-11)16(18)20/h3-9H,10H2,1-2H3,(H2,18,20)(H,19,21). The van der Waals surface area contributed by atoms with E-state index >= 15 is 0 Å². The van der Waals surface area contributed by atoms with E-state index in [2.05, 4.69) is 5.32 Å². The molecule has 0 fully saturated rings. The minimum Gasteiger partial charge on any atom is -0.497 e. The number of carbonyl (C=O) groups is 2. The predicted octanol–water partition coefficient (Wildman–Crippen LogP) is 1.73. The number of amides is 2. The maximum absolute atomic E-state index is 12.3. The molecule has 0 aliphatic rings. The zero-order chi connectivity index (χ0) is 16.8. The van der Waals surface area contributed by atoms with Crippen LogP contribution in [0.25, 0.3) is 0 Å². The van der Waals surface area contributed by atoms with E-state index < -0.39 is 5.91 Å². The number of nitrogens with two attached hydrogens (primary N) is 1. The Bertz CT molecular complexity index is 711. The van der Waals surface area contributed by atoms with Crippen molar-refractivity contribution in [3.05, 3.63) is 59.2 Å². The maximum Gasteiger partial charge on any atom is 0.255 e. The Morgan fingerprint density at radius 1 is 1.04 bits per heavy atom. The third-order valence-corrected chi connectivity index (χ3v) is 3.34. The lowest BCUT2D eigenvalue weighted by atomic mass is 10.1. The molecule has 2 amide bonds. The molecule has 0 spiro atoms. The third kappa shape index (κ3) is 4.00. The molecule has 120 valence electrons. The van der Waals surface area contributed by atoms with Crippen LogP contribution in [0.2, 0.25) is 0 Å². The van der Waals surface area contributed by atoms with E-state index in [1.807, 2.05) is 0 Å². The van der Waals surface area contributed by atoms with Gasteiger partial charge in [0.1, 0.15) is 11.5 Å². The van der Waals surface area contributed by atoms with Crippen molar-refractivity contribution in [2.24, 2.45) is 5.73 Å². The van der Waals surface area contributed by atoms with Crippen molar-refractivity contribution in [1.29, 1.82) is 0 Å². The molecular weight excluding hydrogens is 296 g/mol. The van der Waals surface area contributed by atoms with Gasteiger partial charge < -0.3 is 20.5 Å². The van der Waals surface area contributed by atoms with Gasteiger partial charge in [0.25, 0.3) is 5.91 Å². The minimum atomic E-state index is -0.483. The normalized spacial score (nSPS) is 10.0. The fraction of sp³-hybridized carbons (Fsp3) is 0.176. The second-order valence-corrected chi connectivity index (χ2v) is 4.81. The number of hydrogen-bond donors (Lipinski definition) is 2. The molecule has 0 aromatic heterocycles. The smallest absolute Gasteiger partial charge is 0.255 e. The molecule has 2 aromatic rings. The van der Waals surface area contributed by atoms with E-state index in [0.717, 1.165) is 5.56 Å². The molecule has 23 heavy (non-hydrogen) atoms. The minimum absolute atomic E-state index is 0.261. The summed E-state index contributed by atoms with van der Waals surface area (Å²) in [5.41, 5.74) is 6.89. The maximum atomic E-state index is 12.3. The lowest BCUT2D eigenvalue weighted by Crippen LogP contribution is -2.23. The lowest BCUT2D eigenvalue weighted by molar-refractivity contribution is 0.0946. The largest absolute Gasteiger partial charge is 0.497 e. The van der Waals surface area contributed by atoms with Gasteiger partial charge in [0, 0.05) is 18.2 Å². The van der Waals surface area contributed by atoms with Crippen LogP contribution in [0.4, 0.5) is 0 Å². The molecule has 0 aliphatic carbocycles. The number of nitrogens with one attached hydrogen (secondary N) is 1. The molecule has 6 heteroatoms. The van der Waals surface area contributed by atoms with Gasteiger partial charge in [-0.25, -0.2) is 0 Å². The zero-order valence-corrected chi connectivity index (χ0v) is 13.0. The van der Waals surface area contributed by atoms with E-state index in [4.69, 9.17) is 15.2 Å². The van der Waals surface area contributed by atoms with Crippen molar-refractivity contribution in [2.75, 3.05) is 14.2 Å². The second-order valence-electron chi connectivity index (χ2n) is 4.81. The monoisotopic (exact) mass is 314 g/mol. The van der Waals surface area contributed by atoms with Crippen LogP contribution in [0.1, 0.15) is 26.3 Å². The van der Waals surface area contributed by atoms with Crippen molar-refractivity contribution in [1.82, 2.24) is 5.32 Å². The number of carbonyl (C=O) groups excluding carboxylic acids is 2. The van der Waals surface area contributed by atoms with Crippen molar-refractivity contribution < 1.29 is 19.1 Å². The Hall–Kier alpha value is -3.02. The van der Waals surface area contributed by atoms with E-state index in [-0.39, 0.29) is 5.91 Å². The molecule has 0 atom stereocenters. The first-order valence-corrected chi connectivity index (χ1v) is 6.94. The number of methoxy groups -OCH3 is 2. The lowest BCUT2D eigenvalue weighted by Gasteiger charge is -2.11. The van der Waals surface area contributed by atoms with Crippen LogP contribution in [0, 0.1) is 0 Å². The fourth-order valence-electron chi connectivity index (χ4n) is 2.05. The van der Waals surface area contributed by atoms with Crippen LogP contribution in [0.5, 0.6) is 11.5 Å². The third-order valence-electron chi connectivity index (χ3n) is 3.34. The topological polar surface area (TPSA) is 90.6 Å². The van der Waals surface area contributed by atoms with Gasteiger partial charge in [-0.2, -0.15) is 0 Å². The Balaban J connectivity index is 2.06. The van der Waals surface area contributed by atoms with Crippen LogP contribution in [-0.2, 0) is 6.54 Å². The molecule has 0 saturated carbocycles. The van der Waals surface area contributed by atoms with Crippen molar-refractivity contribution in [2.45, 2.75) is 6.54 Å². The van der Waals surface area contributed by atoms with Gasteiger partial charge in [0.2, 0.25) is 5.91 Å². The first-order valence-electron chi connectivity index (χ1n) is 6.94. The van der Waals surface area contributed by atoms with Crippen molar-refractivity contribution in [3.8, 4) is 11.5 Å². The first kappa shape index (κ1) is 16.4. The van der Waals surface area contributed by atoms with Gasteiger partial charge >= 0.3 is 0 Å². The van der Waals surface area contributed by atoms with E-state index in [1.54, 1.807) is 49.6 Å². The summed E-state index contributed by atoms with van der Waals surface area (Å²) in [7, 11) is 3.04. The average Bonchev–Trinajstić information content (AvgIpc) is 2.59. The molecule has 2 rings (SSSR count). The van der Waals surface area contributed by atoms with Gasteiger partial charge in [-0.1, -0.05) is 12.1 Å². The van der Waals surface area contributed by atoms with Crippen LogP contribution in [0.15, 0.2) is 42.5 Å². The van der Waals surface area contributed by atoms with Crippen molar-refractivity contribution in [3.63, 3.8) is 0 Å². The number of ether oxygens (including phenoxy) is 2. The number of benzene rings is 2. The molecule has 3 N–H and O–H groups in total. The predicted molar refractivity (Wildman–Crippen MR) is 85.7 cm³/mol. The number of rotatable bonds is 6. The van der Waals surface area contributed by atoms with E-state index in [1.165, 1.54) is 7.11 Å². The summed E-state index contributed by atoms with van der Waals surface area (Å²) < 4.78 is 10.3. The highest BCUT2D eigenvalue weighted by molar-refractivity contribution is 5.97. The SMILES string of the molecule is COc1ccc(C(=O)NCc2ccc(C(N)=O)cc2)c(OC)c1. The first-order chi connectivity index (χ1) is 11.0. The molecule has 0 aliphatic heterocycles. The van der Waals surface area contributed by atoms with Gasteiger partial charge in [0.05, 0.1) is 19.8 Å². The van der Waals surface area contributed by atoms with E-state index in [9.17, 15) is 9.59 Å². The van der Waals surface area contributed by atoms with Crippen LogP contribution in [0.3, 0.4) is 0 Å². The second kappa shape index (κ2) is 7.31. The summed E-state index contributed by atoms with van der Waals surface area (Å²) in [5.74, 6) is 0.304. The molecule has 0 unspecified atom stereocenters. The molecule has 0 bridgehead atoms. The summed E-state index contributed by atoms with van der Waals surface area (Å²) in [4.78, 5) is 23.3. The van der Waals surface area contributed by atoms with Crippen LogP contribution < -0.4 is 20.5 Å². The van der Waals surface area contributed by atoms with Crippen LogP contribution >= 0.6 is 0 Å². The molecule has 0 heterocycles. The zero-order valence-electron chi connectivity index (χ0n) is 13.0. The van der Waals surface area contributed by atoms with Gasteiger partial charge in [-0.15, -0.1) is 0 Å². The Morgan fingerprint density at radius 2 is 1.74 bits per heavy atom. The highest BCUT2D eigenvalue weighted by Gasteiger charge is 2.13. The quantitative estimate of drug-likeness (QED) is 0.849. The van der Waals surface area contributed by atoms with Crippen LogP contribution in [-0.4, -0.2) is 26.0 Å². The highest BCUT2D eigenvalue weighted by atomic mass is 16.5. The fourth-order valence-corrected chi connectivity index (χ4v) is 2.05. The number of primary amides is 1. The van der Waals surface area contributed by atoms with Gasteiger partial charge in [0.15, 0.2) is 0 Å². The summed E-state index contributed by atoms with van der Waals surface area (Å²) in [6.07, 6.45) is 0. The Morgan fingerprint density at radius 3 is 2.30 bits per heavy atom. The van der Waals surface area contributed by atoms with Gasteiger partial charge in [-0.05, 0) is 29.8 Å². The molecular formula is C17H18N2O4. The van der Waals surface area contributed by atoms with Gasteiger partial charge in [-0.3, -0.25) is 9.59 Å². The molecule has 2 aromatic carbocycles. The number of hydrogen-bond acceptors (Lipinski definition) is 4. The molecule has 0 saturated heterocycles. The summed E-state index contributed by atoms with van der Waals surface area (Å²) in [6.45, 7) is 0.326. The highest BCUT2D eigenvalue weighted by Crippen LogP contribution is 2.24. The summed E-state index contributed by atoms with van der Waals surface area (Å²) in [6, 6.07) is 11.7. The Kier molecular flexibility index (Phi) is 5.19. The molecule has 6 nitrogen and oxygen atoms in total. The van der Waals surface area contributed by atoms with E-state index in [0.29, 0.717) is 29.2 Å².